The number of nitrogens with one attached hydrogen (secondary N) is 1. The molecule has 0 spiro atoms. The molecule has 0 aliphatic carbocycles. The van der Waals surface area contributed by atoms with Gasteiger partial charge in [-0.25, -0.2) is 0 Å². The minimum absolute atomic E-state index is 0.0154. The van der Waals surface area contributed by atoms with Gasteiger partial charge in [0.15, 0.2) is 0 Å². The Labute approximate surface area is 153 Å². The molecule has 0 aliphatic heterocycles. The Morgan fingerprint density at radius 2 is 1.88 bits per heavy atom. The van der Waals surface area contributed by atoms with Crippen molar-refractivity contribution in [1.82, 2.24) is 0 Å². The van der Waals surface area contributed by atoms with Crippen molar-refractivity contribution in [2.24, 2.45) is 0 Å². The number of carbonyl (C=O) groups excluding carboxylic acids is 1. The molecule has 0 bridgehead atoms. The number of hydrogen-bond acceptors (Lipinski definition) is 4. The van der Waals surface area contributed by atoms with Gasteiger partial charge in [-0.2, -0.15) is 0 Å². The summed E-state index contributed by atoms with van der Waals surface area (Å²) in [5.74, 6) is 0.616. The highest BCUT2D eigenvalue weighted by Gasteiger charge is 2.09. The molecule has 0 aliphatic rings. The molecular weight excluding hydrogens is 356 g/mol. The first kappa shape index (κ1) is 17.4. The smallest absolute Gasteiger partial charge is 0.270 e. The van der Waals surface area contributed by atoms with Crippen LogP contribution in [0.5, 0.6) is 0 Å². The van der Waals surface area contributed by atoms with Crippen LogP contribution in [-0.4, -0.2) is 10.8 Å². The summed E-state index contributed by atoms with van der Waals surface area (Å²) in [4.78, 5) is 22.3. The summed E-state index contributed by atoms with van der Waals surface area (Å²) < 4.78 is 5.61. The zero-order chi connectivity index (χ0) is 18.5. The average molecular weight is 369 g/mol. The van der Waals surface area contributed by atoms with Crippen LogP contribution in [-0.2, 0) is 4.79 Å². The quantitative estimate of drug-likeness (QED) is 0.383. The van der Waals surface area contributed by atoms with Crippen molar-refractivity contribution in [2.75, 3.05) is 5.32 Å². The molecule has 0 fully saturated rings. The lowest BCUT2D eigenvalue weighted by Crippen LogP contribution is -2.07. The molecule has 0 atom stereocenters. The summed E-state index contributed by atoms with van der Waals surface area (Å²) in [7, 11) is 0. The second-order valence-corrected chi connectivity index (χ2v) is 5.78. The predicted molar refractivity (Wildman–Crippen MR) is 99.9 cm³/mol. The van der Waals surface area contributed by atoms with Crippen molar-refractivity contribution >= 4 is 35.0 Å². The Hall–Kier alpha value is -3.38. The fourth-order valence-electron chi connectivity index (χ4n) is 2.25. The van der Waals surface area contributed by atoms with E-state index in [0.717, 1.165) is 0 Å². The molecule has 1 amide bonds. The van der Waals surface area contributed by atoms with Gasteiger partial charge in [-0.3, -0.25) is 14.9 Å². The summed E-state index contributed by atoms with van der Waals surface area (Å²) in [6.07, 6.45) is 2.86. The van der Waals surface area contributed by atoms with Gasteiger partial charge in [0.05, 0.1) is 4.92 Å². The van der Waals surface area contributed by atoms with Crippen LogP contribution in [0.4, 0.5) is 11.4 Å². The first-order valence-electron chi connectivity index (χ1n) is 7.60. The molecule has 26 heavy (non-hydrogen) atoms. The Kier molecular flexibility index (Phi) is 5.15. The molecule has 1 heterocycles. The van der Waals surface area contributed by atoms with E-state index in [0.29, 0.717) is 27.8 Å². The van der Waals surface area contributed by atoms with E-state index in [4.69, 9.17) is 16.0 Å². The number of furan rings is 1. The highest BCUT2D eigenvalue weighted by atomic mass is 35.5. The minimum atomic E-state index is -0.464. The van der Waals surface area contributed by atoms with Crippen LogP contribution in [0.15, 0.2) is 71.2 Å². The van der Waals surface area contributed by atoms with E-state index in [9.17, 15) is 14.9 Å². The van der Waals surface area contributed by atoms with E-state index >= 15 is 0 Å². The summed E-state index contributed by atoms with van der Waals surface area (Å²) >= 11 is 5.79. The van der Waals surface area contributed by atoms with Crippen molar-refractivity contribution < 1.29 is 14.1 Å². The highest BCUT2D eigenvalue weighted by Crippen LogP contribution is 2.26. The number of anilines is 1. The Bertz CT molecular complexity index is 977. The van der Waals surface area contributed by atoms with Gasteiger partial charge in [-0.05, 0) is 42.5 Å². The molecule has 3 aromatic rings. The first-order valence-corrected chi connectivity index (χ1v) is 7.98. The Morgan fingerprint density at radius 1 is 1.12 bits per heavy atom. The van der Waals surface area contributed by atoms with E-state index in [1.807, 2.05) is 0 Å². The molecule has 0 unspecified atom stereocenters. The Morgan fingerprint density at radius 3 is 2.62 bits per heavy atom. The molecule has 0 saturated heterocycles. The van der Waals surface area contributed by atoms with Crippen LogP contribution in [0.2, 0.25) is 5.02 Å². The van der Waals surface area contributed by atoms with Crippen molar-refractivity contribution in [2.45, 2.75) is 0 Å². The molecule has 0 radical (unpaired) electrons. The van der Waals surface area contributed by atoms with Crippen LogP contribution >= 0.6 is 11.6 Å². The maximum absolute atomic E-state index is 11.9. The molecular formula is C19H13ClN2O4. The number of hydrogen-bond donors (Lipinski definition) is 1. The van der Waals surface area contributed by atoms with Gasteiger partial charge < -0.3 is 9.73 Å². The fraction of sp³-hybridized carbons (Fsp3) is 0. The Balaban J connectivity index is 1.68. The van der Waals surface area contributed by atoms with Gasteiger partial charge >= 0.3 is 0 Å². The lowest BCUT2D eigenvalue weighted by molar-refractivity contribution is -0.384. The standard InChI is InChI=1S/C19H13ClN2O4/c20-14-4-6-15(7-5-14)21-19(23)11-9-17-8-10-18(26-17)13-2-1-3-16(12-13)22(24)25/h1-12H,(H,21,23)/b11-9+. The zero-order valence-electron chi connectivity index (χ0n) is 13.4. The monoisotopic (exact) mass is 368 g/mol. The molecule has 6 nitrogen and oxygen atoms in total. The van der Waals surface area contributed by atoms with Crippen LogP contribution in [0, 0.1) is 10.1 Å². The number of nitro benzene ring substituents is 1. The fourth-order valence-corrected chi connectivity index (χ4v) is 2.37. The molecule has 130 valence electrons. The van der Waals surface area contributed by atoms with Gasteiger partial charge in [-0.15, -0.1) is 0 Å². The van der Waals surface area contributed by atoms with E-state index in [1.54, 1.807) is 48.5 Å². The number of nitro groups is 1. The molecule has 1 aromatic heterocycles. The van der Waals surface area contributed by atoms with Crippen molar-refractivity contribution in [1.29, 1.82) is 0 Å². The lowest BCUT2D eigenvalue weighted by Gasteiger charge is -2.01. The van der Waals surface area contributed by atoms with Crippen LogP contribution in [0.3, 0.4) is 0 Å². The van der Waals surface area contributed by atoms with Crippen LogP contribution < -0.4 is 5.32 Å². The van der Waals surface area contributed by atoms with Gasteiger partial charge in [0.25, 0.3) is 5.69 Å². The number of rotatable bonds is 5. The minimum Gasteiger partial charge on any atom is -0.457 e. The SMILES string of the molecule is O=C(/C=C/c1ccc(-c2cccc([N+](=O)[O-])c2)o1)Nc1ccc(Cl)cc1. The maximum Gasteiger partial charge on any atom is 0.270 e. The molecule has 3 rings (SSSR count). The molecule has 1 N–H and O–H groups in total. The summed E-state index contributed by atoms with van der Waals surface area (Å²) in [5.41, 5.74) is 1.20. The van der Waals surface area contributed by atoms with E-state index in [2.05, 4.69) is 5.32 Å². The van der Waals surface area contributed by atoms with Gasteiger partial charge in [-0.1, -0.05) is 23.7 Å². The van der Waals surface area contributed by atoms with Crippen LogP contribution in [0.1, 0.15) is 5.76 Å². The molecule has 0 saturated carbocycles. The van der Waals surface area contributed by atoms with E-state index < -0.39 is 4.92 Å². The number of non-ortho nitro benzene ring substituents is 1. The average Bonchev–Trinajstić information content (AvgIpc) is 3.11. The molecule has 2 aromatic carbocycles. The number of amides is 1. The summed E-state index contributed by atoms with van der Waals surface area (Å²) in [5, 5.41) is 14.1. The number of benzene rings is 2. The number of carbonyl (C=O) groups is 1. The summed E-state index contributed by atoms with van der Waals surface area (Å²) in [6.45, 7) is 0. The van der Waals surface area contributed by atoms with Gasteiger partial charge in [0.1, 0.15) is 11.5 Å². The largest absolute Gasteiger partial charge is 0.457 e. The second-order valence-electron chi connectivity index (χ2n) is 5.34. The third-order valence-electron chi connectivity index (χ3n) is 3.48. The lowest BCUT2D eigenvalue weighted by atomic mass is 10.1. The normalized spacial score (nSPS) is 10.8. The van der Waals surface area contributed by atoms with E-state index in [-0.39, 0.29) is 11.6 Å². The first-order chi connectivity index (χ1) is 12.5. The van der Waals surface area contributed by atoms with Crippen molar-refractivity contribution in [3.05, 3.63) is 87.6 Å². The van der Waals surface area contributed by atoms with Crippen molar-refractivity contribution in [3.63, 3.8) is 0 Å². The number of nitrogens with zero attached hydrogens (tertiary/aromatic N) is 1. The third-order valence-corrected chi connectivity index (χ3v) is 3.73. The van der Waals surface area contributed by atoms with Crippen molar-refractivity contribution in [3.8, 4) is 11.3 Å². The topological polar surface area (TPSA) is 85.4 Å². The zero-order valence-corrected chi connectivity index (χ0v) is 14.1. The molecule has 7 heteroatoms. The predicted octanol–water partition coefficient (Wildman–Crippen LogP) is 5.16. The second kappa shape index (κ2) is 7.67. The maximum atomic E-state index is 11.9. The van der Waals surface area contributed by atoms with Gasteiger partial charge in [0, 0.05) is 34.5 Å². The van der Waals surface area contributed by atoms with Crippen LogP contribution in [0.25, 0.3) is 17.4 Å². The third kappa shape index (κ3) is 4.37. The van der Waals surface area contributed by atoms with E-state index in [1.165, 1.54) is 24.3 Å². The number of halogens is 1. The summed E-state index contributed by atoms with van der Waals surface area (Å²) in [6, 6.07) is 16.3. The highest BCUT2D eigenvalue weighted by molar-refractivity contribution is 6.30. The van der Waals surface area contributed by atoms with Gasteiger partial charge in [0.2, 0.25) is 5.91 Å².